The second-order valence-electron chi connectivity index (χ2n) is 13.7. The van der Waals surface area contributed by atoms with Crippen LogP contribution in [0.4, 0.5) is 24.5 Å². The van der Waals surface area contributed by atoms with Crippen LogP contribution in [-0.2, 0) is 41.8 Å². The van der Waals surface area contributed by atoms with Crippen molar-refractivity contribution in [2.45, 2.75) is 79.3 Å². The molecule has 1 atom stereocenters. The number of carbonyl (C=O) groups is 1. The normalized spacial score (nSPS) is 14.6. The summed E-state index contributed by atoms with van der Waals surface area (Å²) >= 11 is 0. The van der Waals surface area contributed by atoms with Gasteiger partial charge in [-0.2, -0.15) is 13.2 Å². The van der Waals surface area contributed by atoms with E-state index in [0.29, 0.717) is 43.0 Å². The SMILES string of the molecule is CCN(N)c1ccc(C(c2ccc(C)c(CN3CCCc4cccc(C(F)(F)F)c4C3)c2)C(C)(C)C(=O)OCc2ccccc2)c(C)c1N. The van der Waals surface area contributed by atoms with Gasteiger partial charge in [-0.3, -0.25) is 9.69 Å². The summed E-state index contributed by atoms with van der Waals surface area (Å²) in [5, 5.41) is 1.59. The number of carbonyl (C=O) groups excluding carboxylic acids is 1. The fourth-order valence-electron chi connectivity index (χ4n) is 7.01. The van der Waals surface area contributed by atoms with Crippen molar-refractivity contribution in [3.8, 4) is 0 Å². The van der Waals surface area contributed by atoms with E-state index >= 15 is 0 Å². The Morgan fingerprint density at radius 3 is 2.43 bits per heavy atom. The summed E-state index contributed by atoms with van der Waals surface area (Å²) in [5.41, 5.74) is 12.9. The number of alkyl halides is 3. The highest BCUT2D eigenvalue weighted by molar-refractivity contribution is 5.80. The third-order valence-electron chi connectivity index (χ3n) is 9.94. The number of fused-ring (bicyclic) bond motifs is 1. The van der Waals surface area contributed by atoms with Crippen LogP contribution in [0.3, 0.4) is 0 Å². The minimum absolute atomic E-state index is 0.143. The molecule has 4 aromatic rings. The molecule has 5 rings (SSSR count). The first-order valence-electron chi connectivity index (χ1n) is 16.8. The number of hydrogen-bond acceptors (Lipinski definition) is 6. The molecule has 1 aliphatic heterocycles. The summed E-state index contributed by atoms with van der Waals surface area (Å²) in [5.74, 6) is 5.43. The van der Waals surface area contributed by atoms with Crippen LogP contribution >= 0.6 is 0 Å². The molecule has 49 heavy (non-hydrogen) atoms. The molecule has 6 nitrogen and oxygen atoms in total. The number of nitrogens with zero attached hydrogens (tertiary/aromatic N) is 2. The second-order valence-corrected chi connectivity index (χ2v) is 13.7. The van der Waals surface area contributed by atoms with E-state index in [2.05, 4.69) is 11.0 Å². The van der Waals surface area contributed by atoms with E-state index in [1.54, 1.807) is 5.01 Å². The van der Waals surface area contributed by atoms with E-state index in [-0.39, 0.29) is 19.1 Å². The lowest BCUT2D eigenvalue weighted by Gasteiger charge is -2.35. The third kappa shape index (κ3) is 7.78. The number of esters is 1. The van der Waals surface area contributed by atoms with Crippen molar-refractivity contribution in [2.24, 2.45) is 11.3 Å². The topological polar surface area (TPSA) is 84.8 Å². The van der Waals surface area contributed by atoms with Crippen molar-refractivity contribution in [1.29, 1.82) is 0 Å². The minimum atomic E-state index is -4.42. The third-order valence-corrected chi connectivity index (χ3v) is 9.94. The standard InChI is InChI=1S/C40H47F3N4O2/c1-6-47(45)35-20-19-32(27(3)37(35)44)36(39(4,5)38(48)49-25-28-12-8-7-9-13-28)30-18-17-26(2)31(22-30)23-46-21-11-15-29-14-10-16-34(33(29)24-46)40(41,42)43/h7-10,12-14,16-20,22,36H,6,11,15,21,23-25,44-45H2,1-5H3. The lowest BCUT2D eigenvalue weighted by atomic mass is 9.69. The molecule has 9 heteroatoms. The number of nitrogen functional groups attached to an aromatic ring is 1. The zero-order valence-electron chi connectivity index (χ0n) is 29.0. The van der Waals surface area contributed by atoms with Crippen LogP contribution < -0.4 is 16.6 Å². The highest BCUT2D eigenvalue weighted by atomic mass is 19.4. The van der Waals surface area contributed by atoms with Gasteiger partial charge in [0.15, 0.2) is 0 Å². The summed E-state index contributed by atoms with van der Waals surface area (Å²) in [6.45, 7) is 11.7. The fourth-order valence-corrected chi connectivity index (χ4v) is 7.01. The van der Waals surface area contributed by atoms with E-state index < -0.39 is 23.1 Å². The predicted octanol–water partition coefficient (Wildman–Crippen LogP) is 8.45. The Labute approximate surface area is 287 Å². The number of nitrogens with two attached hydrogens (primary N) is 2. The van der Waals surface area contributed by atoms with Crippen LogP contribution in [0.15, 0.2) is 78.9 Å². The molecule has 260 valence electrons. The average Bonchev–Trinajstić information content (AvgIpc) is 3.28. The fraction of sp³-hybridized carbons (Fsp3) is 0.375. The molecule has 0 spiro atoms. The van der Waals surface area contributed by atoms with Crippen LogP contribution in [0, 0.1) is 19.3 Å². The maximum Gasteiger partial charge on any atom is 0.416 e. The molecule has 0 radical (unpaired) electrons. The average molecular weight is 673 g/mol. The van der Waals surface area contributed by atoms with Crippen molar-refractivity contribution >= 4 is 17.3 Å². The van der Waals surface area contributed by atoms with E-state index in [1.165, 1.54) is 12.1 Å². The van der Waals surface area contributed by atoms with Crippen molar-refractivity contribution in [2.75, 3.05) is 23.8 Å². The number of rotatable bonds is 10. The van der Waals surface area contributed by atoms with Crippen molar-refractivity contribution in [3.05, 3.63) is 129 Å². The summed E-state index contributed by atoms with van der Waals surface area (Å²) in [6.07, 6.45) is -3.06. The molecular formula is C40H47F3N4O2. The Bertz CT molecular complexity index is 1790. The molecule has 0 aromatic heterocycles. The maximum atomic E-state index is 14.0. The molecule has 1 aliphatic rings. The van der Waals surface area contributed by atoms with Crippen LogP contribution in [0.1, 0.15) is 83.2 Å². The molecule has 0 aliphatic carbocycles. The predicted molar refractivity (Wildman–Crippen MR) is 190 cm³/mol. The molecule has 0 bridgehead atoms. The number of ether oxygens (including phenoxy) is 1. The number of aryl methyl sites for hydroxylation is 2. The molecule has 4 N–H and O–H groups in total. The molecular weight excluding hydrogens is 625 g/mol. The molecule has 1 heterocycles. The largest absolute Gasteiger partial charge is 0.460 e. The van der Waals surface area contributed by atoms with Gasteiger partial charge in [-0.05, 0) is 111 Å². The zero-order chi connectivity index (χ0) is 35.5. The molecule has 4 aromatic carbocycles. The number of benzene rings is 4. The quantitative estimate of drug-likeness (QED) is 0.0762. The highest BCUT2D eigenvalue weighted by Gasteiger charge is 2.42. The van der Waals surface area contributed by atoms with Crippen molar-refractivity contribution in [1.82, 2.24) is 4.90 Å². The number of hydrogen-bond donors (Lipinski definition) is 2. The number of anilines is 2. The molecule has 0 saturated carbocycles. The van der Waals surface area contributed by atoms with E-state index in [0.717, 1.165) is 45.4 Å². The zero-order valence-corrected chi connectivity index (χ0v) is 29.0. The molecule has 0 saturated heterocycles. The Balaban J connectivity index is 1.54. The molecule has 0 fully saturated rings. The van der Waals surface area contributed by atoms with Gasteiger partial charge in [0.25, 0.3) is 0 Å². The monoisotopic (exact) mass is 672 g/mol. The van der Waals surface area contributed by atoms with Crippen LogP contribution in [-0.4, -0.2) is 24.0 Å². The smallest absolute Gasteiger partial charge is 0.416 e. The Kier molecular flexibility index (Phi) is 10.7. The lowest BCUT2D eigenvalue weighted by Crippen LogP contribution is -2.35. The van der Waals surface area contributed by atoms with E-state index in [1.807, 2.05) is 95.3 Å². The Hall–Kier alpha value is -4.34. The van der Waals surface area contributed by atoms with Gasteiger partial charge in [-0.1, -0.05) is 66.7 Å². The first-order valence-corrected chi connectivity index (χ1v) is 16.8. The van der Waals surface area contributed by atoms with Gasteiger partial charge in [-0.15, -0.1) is 0 Å². The number of hydrazine groups is 1. The minimum Gasteiger partial charge on any atom is -0.460 e. The van der Waals surface area contributed by atoms with Gasteiger partial charge in [0.05, 0.1) is 22.4 Å². The van der Waals surface area contributed by atoms with E-state index in [9.17, 15) is 18.0 Å². The maximum absolute atomic E-state index is 14.0. The first kappa shape index (κ1) is 36.0. The Morgan fingerprint density at radius 1 is 1.00 bits per heavy atom. The summed E-state index contributed by atoms with van der Waals surface area (Å²) < 4.78 is 48.0. The Morgan fingerprint density at radius 2 is 1.73 bits per heavy atom. The van der Waals surface area contributed by atoms with Crippen molar-refractivity contribution < 1.29 is 22.7 Å². The van der Waals surface area contributed by atoms with E-state index in [4.69, 9.17) is 16.3 Å². The number of halogens is 3. The van der Waals surface area contributed by atoms with Gasteiger partial charge in [0.2, 0.25) is 0 Å². The van der Waals surface area contributed by atoms with Crippen LogP contribution in [0.2, 0.25) is 0 Å². The lowest BCUT2D eigenvalue weighted by molar-refractivity contribution is -0.156. The van der Waals surface area contributed by atoms with Gasteiger partial charge < -0.3 is 15.5 Å². The molecule has 0 amide bonds. The highest BCUT2D eigenvalue weighted by Crippen LogP contribution is 2.46. The van der Waals surface area contributed by atoms with Gasteiger partial charge in [0.1, 0.15) is 6.61 Å². The molecule has 1 unspecified atom stereocenters. The van der Waals surface area contributed by atoms with Crippen molar-refractivity contribution in [3.63, 3.8) is 0 Å². The van der Waals surface area contributed by atoms with Gasteiger partial charge in [-0.25, -0.2) is 5.84 Å². The van der Waals surface area contributed by atoms with Gasteiger partial charge in [0, 0.05) is 25.6 Å². The van der Waals surface area contributed by atoms with Crippen LogP contribution in [0.5, 0.6) is 0 Å². The second kappa shape index (κ2) is 14.6. The van der Waals surface area contributed by atoms with Gasteiger partial charge >= 0.3 is 12.1 Å². The summed E-state index contributed by atoms with van der Waals surface area (Å²) in [7, 11) is 0. The first-order chi connectivity index (χ1) is 23.2. The summed E-state index contributed by atoms with van der Waals surface area (Å²) in [6, 6.07) is 24.1. The van der Waals surface area contributed by atoms with Crippen LogP contribution in [0.25, 0.3) is 0 Å². The summed E-state index contributed by atoms with van der Waals surface area (Å²) in [4.78, 5) is 16.1.